The Balaban J connectivity index is 1.63. The molecular weight excluding hydrogens is 366 g/mol. The highest BCUT2D eigenvalue weighted by molar-refractivity contribution is 6.33. The molecule has 0 unspecified atom stereocenters. The number of hydrogen-bond acceptors (Lipinski definition) is 4. The highest BCUT2D eigenvalue weighted by atomic mass is 35.5. The van der Waals surface area contributed by atoms with Crippen LogP contribution in [0.3, 0.4) is 0 Å². The van der Waals surface area contributed by atoms with Crippen LogP contribution in [0.25, 0.3) is 5.57 Å². The van der Waals surface area contributed by atoms with Crippen LogP contribution in [-0.4, -0.2) is 19.3 Å². The molecule has 0 saturated heterocycles. The number of carbonyl (C=O) groups excluding carboxylic acids is 1. The molecule has 0 bridgehead atoms. The van der Waals surface area contributed by atoms with Crippen LogP contribution in [-0.2, 0) is 20.9 Å². The Morgan fingerprint density at radius 1 is 1.15 bits per heavy atom. The van der Waals surface area contributed by atoms with Gasteiger partial charge in [-0.2, -0.15) is 0 Å². The zero-order valence-electron chi connectivity index (χ0n) is 14.8. The summed E-state index contributed by atoms with van der Waals surface area (Å²) in [6.45, 7) is 2.95. The SMILES string of the molecule is CC1=C(C(=O)Nc2ccc3c(c2)COCO3)C(c2ccccc2Cl)=COC1. The van der Waals surface area contributed by atoms with Gasteiger partial charge in [-0.1, -0.05) is 29.8 Å². The third-order valence-corrected chi connectivity index (χ3v) is 4.79. The molecule has 138 valence electrons. The summed E-state index contributed by atoms with van der Waals surface area (Å²) in [5.41, 5.74) is 4.42. The van der Waals surface area contributed by atoms with Crippen LogP contribution in [0, 0.1) is 0 Å². The fourth-order valence-corrected chi connectivity index (χ4v) is 3.40. The van der Waals surface area contributed by atoms with Gasteiger partial charge < -0.3 is 19.5 Å². The number of carbonyl (C=O) groups is 1. The molecular formula is C21H18ClNO4. The average Bonchev–Trinajstić information content (AvgIpc) is 2.68. The number of rotatable bonds is 3. The predicted molar refractivity (Wildman–Crippen MR) is 103 cm³/mol. The molecule has 5 nitrogen and oxygen atoms in total. The lowest BCUT2D eigenvalue weighted by molar-refractivity contribution is -0.112. The molecule has 27 heavy (non-hydrogen) atoms. The molecule has 0 atom stereocenters. The van der Waals surface area contributed by atoms with E-state index in [1.54, 1.807) is 12.3 Å². The molecule has 2 aromatic rings. The number of benzene rings is 2. The number of hydrogen-bond donors (Lipinski definition) is 1. The van der Waals surface area contributed by atoms with E-state index in [1.807, 2.05) is 43.3 Å². The minimum Gasteiger partial charge on any atom is -0.496 e. The van der Waals surface area contributed by atoms with Crippen molar-refractivity contribution >= 4 is 28.8 Å². The lowest BCUT2D eigenvalue weighted by atomic mass is 9.93. The smallest absolute Gasteiger partial charge is 0.256 e. The van der Waals surface area contributed by atoms with Crippen molar-refractivity contribution < 1.29 is 19.0 Å². The van der Waals surface area contributed by atoms with Gasteiger partial charge in [-0.05, 0) is 36.8 Å². The quantitative estimate of drug-likeness (QED) is 0.845. The first-order valence-corrected chi connectivity index (χ1v) is 8.93. The van der Waals surface area contributed by atoms with Crippen molar-refractivity contribution in [3.05, 3.63) is 76.0 Å². The number of halogens is 1. The topological polar surface area (TPSA) is 56.8 Å². The van der Waals surface area contributed by atoms with Crippen molar-refractivity contribution in [3.8, 4) is 5.75 Å². The van der Waals surface area contributed by atoms with Gasteiger partial charge in [0.05, 0.1) is 18.4 Å². The highest BCUT2D eigenvalue weighted by Crippen LogP contribution is 2.34. The molecule has 0 saturated carbocycles. The van der Waals surface area contributed by atoms with Gasteiger partial charge in [0.25, 0.3) is 5.91 Å². The summed E-state index contributed by atoms with van der Waals surface area (Å²) in [6, 6.07) is 12.9. The summed E-state index contributed by atoms with van der Waals surface area (Å²) in [5.74, 6) is 0.567. The molecule has 2 aromatic carbocycles. The number of anilines is 1. The third kappa shape index (κ3) is 3.56. The standard InChI is InChI=1S/C21H18ClNO4/c1-13-9-25-11-17(16-4-2-3-5-18(16)22)20(13)21(24)23-15-6-7-19-14(8-15)10-26-12-27-19/h2-8,11H,9-10,12H2,1H3,(H,23,24). The van der Waals surface area contributed by atoms with Gasteiger partial charge in [0, 0.05) is 27.4 Å². The first kappa shape index (κ1) is 17.6. The molecule has 1 N–H and O–H groups in total. The second kappa shape index (κ2) is 7.47. The molecule has 2 aliphatic rings. The predicted octanol–water partition coefficient (Wildman–Crippen LogP) is 4.53. The van der Waals surface area contributed by atoms with E-state index in [-0.39, 0.29) is 12.7 Å². The number of ether oxygens (including phenoxy) is 3. The van der Waals surface area contributed by atoms with E-state index >= 15 is 0 Å². The lowest BCUT2D eigenvalue weighted by Gasteiger charge is -2.22. The summed E-state index contributed by atoms with van der Waals surface area (Å²) in [6.07, 6.45) is 1.59. The van der Waals surface area contributed by atoms with Gasteiger partial charge in [0.1, 0.15) is 12.4 Å². The molecule has 0 radical (unpaired) electrons. The Labute approximate surface area is 162 Å². The highest BCUT2D eigenvalue weighted by Gasteiger charge is 2.24. The van der Waals surface area contributed by atoms with Crippen LogP contribution in [0.5, 0.6) is 5.75 Å². The van der Waals surface area contributed by atoms with Crippen molar-refractivity contribution in [1.29, 1.82) is 0 Å². The molecule has 0 fully saturated rings. The summed E-state index contributed by atoms with van der Waals surface area (Å²) >= 11 is 6.34. The summed E-state index contributed by atoms with van der Waals surface area (Å²) in [7, 11) is 0. The maximum absolute atomic E-state index is 13.1. The number of amides is 1. The zero-order valence-corrected chi connectivity index (χ0v) is 15.5. The molecule has 4 rings (SSSR count). The van der Waals surface area contributed by atoms with E-state index in [4.69, 9.17) is 25.8 Å². The largest absolute Gasteiger partial charge is 0.496 e. The molecule has 2 heterocycles. The van der Waals surface area contributed by atoms with Gasteiger partial charge in [0.2, 0.25) is 0 Å². The zero-order chi connectivity index (χ0) is 18.8. The molecule has 0 aromatic heterocycles. The summed E-state index contributed by atoms with van der Waals surface area (Å²) < 4.78 is 16.2. The van der Waals surface area contributed by atoms with Crippen molar-refractivity contribution in [2.75, 3.05) is 18.7 Å². The minimum absolute atomic E-state index is 0.209. The van der Waals surface area contributed by atoms with Crippen LogP contribution in [0.15, 0.2) is 59.9 Å². The van der Waals surface area contributed by atoms with Gasteiger partial charge in [0.15, 0.2) is 6.79 Å². The Morgan fingerprint density at radius 3 is 2.85 bits per heavy atom. The normalized spacial score (nSPS) is 16.0. The van der Waals surface area contributed by atoms with Crippen LogP contribution in [0.2, 0.25) is 5.02 Å². The van der Waals surface area contributed by atoms with E-state index in [2.05, 4.69) is 5.32 Å². The van der Waals surface area contributed by atoms with E-state index < -0.39 is 0 Å². The fourth-order valence-electron chi connectivity index (χ4n) is 3.17. The average molecular weight is 384 g/mol. The monoisotopic (exact) mass is 383 g/mol. The fraction of sp³-hybridized carbons (Fsp3) is 0.190. The number of nitrogens with one attached hydrogen (secondary N) is 1. The maximum Gasteiger partial charge on any atom is 0.256 e. The van der Waals surface area contributed by atoms with E-state index in [0.29, 0.717) is 35.1 Å². The van der Waals surface area contributed by atoms with Gasteiger partial charge in [-0.3, -0.25) is 4.79 Å². The Morgan fingerprint density at radius 2 is 2.00 bits per heavy atom. The van der Waals surface area contributed by atoms with Crippen LogP contribution in [0.4, 0.5) is 5.69 Å². The van der Waals surface area contributed by atoms with Gasteiger partial charge in [-0.25, -0.2) is 0 Å². The summed E-state index contributed by atoms with van der Waals surface area (Å²) in [5, 5.41) is 3.53. The third-order valence-electron chi connectivity index (χ3n) is 4.46. The Bertz CT molecular complexity index is 964. The molecule has 0 spiro atoms. The first-order chi connectivity index (χ1) is 13.1. The van der Waals surface area contributed by atoms with Gasteiger partial charge in [-0.15, -0.1) is 0 Å². The van der Waals surface area contributed by atoms with Crippen molar-refractivity contribution in [2.24, 2.45) is 0 Å². The molecule has 1 amide bonds. The van der Waals surface area contributed by atoms with Crippen LogP contribution in [0.1, 0.15) is 18.1 Å². The summed E-state index contributed by atoms with van der Waals surface area (Å²) in [4.78, 5) is 13.1. The first-order valence-electron chi connectivity index (χ1n) is 8.55. The van der Waals surface area contributed by atoms with Crippen molar-refractivity contribution in [2.45, 2.75) is 13.5 Å². The van der Waals surface area contributed by atoms with Crippen molar-refractivity contribution in [1.82, 2.24) is 0 Å². The second-order valence-corrected chi connectivity index (χ2v) is 6.77. The van der Waals surface area contributed by atoms with E-state index in [0.717, 1.165) is 22.4 Å². The van der Waals surface area contributed by atoms with Crippen LogP contribution < -0.4 is 10.1 Å². The van der Waals surface area contributed by atoms with Crippen LogP contribution >= 0.6 is 11.6 Å². The van der Waals surface area contributed by atoms with Crippen molar-refractivity contribution in [3.63, 3.8) is 0 Å². The Hall–Kier alpha value is -2.76. The van der Waals surface area contributed by atoms with Gasteiger partial charge >= 0.3 is 0 Å². The molecule has 0 aliphatic carbocycles. The Kier molecular flexibility index (Phi) is 4.88. The number of fused-ring (bicyclic) bond motifs is 1. The molecule has 6 heteroatoms. The van der Waals surface area contributed by atoms with E-state index in [9.17, 15) is 4.79 Å². The molecule has 2 aliphatic heterocycles. The lowest BCUT2D eigenvalue weighted by Crippen LogP contribution is -2.21. The van der Waals surface area contributed by atoms with E-state index in [1.165, 1.54) is 0 Å². The minimum atomic E-state index is -0.209. The maximum atomic E-state index is 13.1. The second-order valence-electron chi connectivity index (χ2n) is 6.36.